The molecule has 0 fully saturated rings. The molecule has 0 aromatic heterocycles. The molecule has 0 aliphatic heterocycles. The standard InChI is InChI=1S/C10H16N2O8.Fe.2Na/c13-7(14)3-11(4-8(15)16)1-2-12(5-9(17)18)6-10(19)20;;;/h1-6H2,(H,13,14)(H,15,16)(H,17,18)(H,19,20);;;/q;+3;2*+1/p-4. The number of carboxylic acid groups (broad SMARTS) is 4. The largest absolute Gasteiger partial charge is 3.00 e. The smallest absolute Gasteiger partial charge is 0.549 e. The third kappa shape index (κ3) is 20.3. The molecule has 0 N–H and O–H groups in total. The number of rotatable bonds is 11. The predicted molar refractivity (Wildman–Crippen MR) is 52.9 cm³/mol. The second-order valence-electron chi connectivity index (χ2n) is 3.91. The Morgan fingerprint density at radius 3 is 0.870 bits per heavy atom. The monoisotopic (exact) mass is 390 g/mol. The average Bonchev–Trinajstić information content (AvgIpc) is 2.22. The van der Waals surface area contributed by atoms with Crippen LogP contribution in [0.15, 0.2) is 0 Å². The molecule has 0 unspecified atom stereocenters. The molecule has 0 aromatic rings. The van der Waals surface area contributed by atoms with Gasteiger partial charge in [0, 0.05) is 39.3 Å². The van der Waals surface area contributed by atoms with E-state index in [1.165, 1.54) is 0 Å². The molecule has 0 saturated carbocycles. The van der Waals surface area contributed by atoms with Crippen LogP contribution in [0.25, 0.3) is 0 Å². The fraction of sp³-hybridized carbons (Fsp3) is 0.600. The second kappa shape index (κ2) is 17.2. The molecule has 13 heteroatoms. The topological polar surface area (TPSA) is 167 Å². The van der Waals surface area contributed by atoms with Crippen molar-refractivity contribution in [2.45, 2.75) is 0 Å². The molecule has 0 spiro atoms. The first-order chi connectivity index (χ1) is 9.20. The molecule has 0 amide bonds. The summed E-state index contributed by atoms with van der Waals surface area (Å²) in [5.41, 5.74) is 0. The quantitative estimate of drug-likeness (QED) is 0.309. The van der Waals surface area contributed by atoms with E-state index in [1.54, 1.807) is 0 Å². The van der Waals surface area contributed by atoms with Crippen LogP contribution in [0.2, 0.25) is 0 Å². The minimum Gasteiger partial charge on any atom is -0.549 e. The van der Waals surface area contributed by atoms with E-state index in [1.807, 2.05) is 0 Å². The van der Waals surface area contributed by atoms with Gasteiger partial charge in [0.05, 0.1) is 23.9 Å². The molecule has 0 aromatic carbocycles. The first-order valence-corrected chi connectivity index (χ1v) is 5.44. The maximum absolute atomic E-state index is 10.4. The molecule has 0 aliphatic rings. The molecule has 23 heavy (non-hydrogen) atoms. The van der Waals surface area contributed by atoms with Crippen LogP contribution in [0, 0.1) is 0 Å². The summed E-state index contributed by atoms with van der Waals surface area (Å²) in [7, 11) is 0. The Bertz CT molecular complexity index is 331. The fourth-order valence-corrected chi connectivity index (χ4v) is 1.44. The summed E-state index contributed by atoms with van der Waals surface area (Å²) in [5.74, 6) is -6.12. The van der Waals surface area contributed by atoms with E-state index in [4.69, 9.17) is 0 Å². The molecule has 1 radical (unpaired) electrons. The number of carbonyl (C=O) groups is 4. The van der Waals surface area contributed by atoms with E-state index in [0.717, 1.165) is 9.80 Å². The minimum atomic E-state index is -1.53. The van der Waals surface area contributed by atoms with Gasteiger partial charge in [-0.25, -0.2) is 0 Å². The number of aliphatic carboxylic acids is 4. The van der Waals surface area contributed by atoms with Gasteiger partial charge in [-0.05, 0) is 0 Å². The number of nitrogens with zero attached hydrogens (tertiary/aromatic N) is 2. The summed E-state index contributed by atoms with van der Waals surface area (Å²) in [5, 5.41) is 41.6. The van der Waals surface area contributed by atoms with Crippen molar-refractivity contribution in [2.75, 3.05) is 39.3 Å². The zero-order valence-electron chi connectivity index (χ0n) is 12.8. The van der Waals surface area contributed by atoms with Gasteiger partial charge in [-0.3, -0.25) is 9.80 Å². The Hall–Kier alpha value is 0.319. The van der Waals surface area contributed by atoms with E-state index < -0.39 is 50.1 Å². The molecule has 0 rings (SSSR count). The van der Waals surface area contributed by atoms with Crippen LogP contribution in [0.5, 0.6) is 0 Å². The predicted octanol–water partition coefficient (Wildman–Crippen LogP) is -13.4. The maximum atomic E-state index is 10.4. The van der Waals surface area contributed by atoms with Gasteiger partial charge in [0.15, 0.2) is 0 Å². The van der Waals surface area contributed by atoms with E-state index in [0.29, 0.717) is 0 Å². The van der Waals surface area contributed by atoms with Gasteiger partial charge in [-0.15, -0.1) is 0 Å². The van der Waals surface area contributed by atoms with Crippen molar-refractivity contribution in [3.63, 3.8) is 0 Å². The van der Waals surface area contributed by atoms with Crippen LogP contribution in [0.4, 0.5) is 0 Å². The molecule has 0 aliphatic carbocycles. The van der Waals surface area contributed by atoms with Gasteiger partial charge in [0.2, 0.25) is 0 Å². The molecule has 10 nitrogen and oxygen atoms in total. The van der Waals surface area contributed by atoms with Crippen molar-refractivity contribution in [3.05, 3.63) is 0 Å². The summed E-state index contributed by atoms with van der Waals surface area (Å²) in [6, 6.07) is 0. The summed E-state index contributed by atoms with van der Waals surface area (Å²) >= 11 is 0. The second-order valence-corrected chi connectivity index (χ2v) is 3.91. The zero-order chi connectivity index (χ0) is 15.7. The van der Waals surface area contributed by atoms with Gasteiger partial charge in [0.25, 0.3) is 0 Å². The van der Waals surface area contributed by atoms with Crippen LogP contribution in [0.1, 0.15) is 0 Å². The van der Waals surface area contributed by atoms with Crippen LogP contribution < -0.4 is 79.5 Å². The molecule has 0 heterocycles. The Labute approximate surface area is 187 Å². The Kier molecular flexibility index (Phi) is 23.2. The Morgan fingerprint density at radius 2 is 0.739 bits per heavy atom. The van der Waals surface area contributed by atoms with Gasteiger partial charge in [-0.1, -0.05) is 0 Å². The van der Waals surface area contributed by atoms with Gasteiger partial charge in [0.1, 0.15) is 0 Å². The molecule has 0 saturated heterocycles. The maximum Gasteiger partial charge on any atom is 3.00 e. The van der Waals surface area contributed by atoms with Crippen molar-refractivity contribution < 1.29 is 116 Å². The number of carbonyl (C=O) groups excluding carboxylic acids is 4. The van der Waals surface area contributed by atoms with Crippen molar-refractivity contribution in [1.29, 1.82) is 0 Å². The van der Waals surface area contributed by atoms with Crippen molar-refractivity contribution in [1.82, 2.24) is 9.80 Å². The number of hydrogen-bond acceptors (Lipinski definition) is 10. The van der Waals surface area contributed by atoms with Crippen molar-refractivity contribution in [2.24, 2.45) is 0 Å². The van der Waals surface area contributed by atoms with Crippen LogP contribution >= 0.6 is 0 Å². The third-order valence-electron chi connectivity index (χ3n) is 2.14. The average molecular weight is 390 g/mol. The van der Waals surface area contributed by atoms with E-state index in [-0.39, 0.29) is 89.3 Å². The van der Waals surface area contributed by atoms with E-state index in [9.17, 15) is 39.6 Å². The van der Waals surface area contributed by atoms with Gasteiger partial charge < -0.3 is 39.6 Å². The molecular weight excluding hydrogens is 378 g/mol. The van der Waals surface area contributed by atoms with Crippen LogP contribution in [-0.4, -0.2) is 72.9 Å². The summed E-state index contributed by atoms with van der Waals surface area (Å²) in [6.45, 7) is -3.25. The summed E-state index contributed by atoms with van der Waals surface area (Å²) < 4.78 is 0. The van der Waals surface area contributed by atoms with Gasteiger partial charge in [-0.2, -0.15) is 0 Å². The minimum absolute atomic E-state index is 0. The van der Waals surface area contributed by atoms with Crippen LogP contribution in [-0.2, 0) is 36.2 Å². The van der Waals surface area contributed by atoms with E-state index in [2.05, 4.69) is 0 Å². The Balaban J connectivity index is -0.000000602. The molecule has 0 atom stereocenters. The van der Waals surface area contributed by atoms with Crippen LogP contribution in [0.3, 0.4) is 0 Å². The van der Waals surface area contributed by atoms with Gasteiger partial charge >= 0.3 is 76.2 Å². The van der Waals surface area contributed by atoms with E-state index >= 15 is 0 Å². The first kappa shape index (κ1) is 31.1. The zero-order valence-corrected chi connectivity index (χ0v) is 17.9. The Morgan fingerprint density at radius 1 is 0.565 bits per heavy atom. The normalized spacial score (nSPS) is 9.30. The SMILES string of the molecule is O=C([O-])CN(CCN(CC(=O)[O-])CC(=O)[O-])CC(=O)[O-].[Fe+3].[Na+].[Na+]. The summed E-state index contributed by atoms with van der Waals surface area (Å²) in [4.78, 5) is 43.4. The number of carboxylic acids is 4. The fourth-order valence-electron chi connectivity index (χ4n) is 1.44. The third-order valence-corrected chi connectivity index (χ3v) is 2.14. The summed E-state index contributed by atoms with van der Waals surface area (Å²) in [6.07, 6.45) is 0. The van der Waals surface area contributed by atoms with Crippen molar-refractivity contribution >= 4 is 23.9 Å². The van der Waals surface area contributed by atoms with Crippen molar-refractivity contribution in [3.8, 4) is 0 Å². The number of hydrogen-bond donors (Lipinski definition) is 0. The molecular formula is C10H12FeN2Na2O8+. The molecule has 119 valence electrons. The molecule has 0 bridgehead atoms. The first-order valence-electron chi connectivity index (χ1n) is 5.44.